The van der Waals surface area contributed by atoms with Crippen LogP contribution in [-0.4, -0.2) is 34.1 Å². The van der Waals surface area contributed by atoms with E-state index in [0.717, 1.165) is 36.8 Å². The molecule has 0 aromatic heterocycles. The third-order valence-corrected chi connectivity index (χ3v) is 5.07. The molecule has 0 bridgehead atoms. The molecular formula is C19H29N3O3. The molecule has 1 aromatic carbocycles. The highest BCUT2D eigenvalue weighted by Gasteiger charge is 2.32. The molecule has 5 N–H and O–H groups in total. The number of amides is 2. The second-order valence-corrected chi connectivity index (χ2v) is 7.18. The minimum absolute atomic E-state index is 0.351. The van der Waals surface area contributed by atoms with Gasteiger partial charge in [-0.2, -0.15) is 0 Å². The topological polar surface area (TPSA) is 110 Å². The monoisotopic (exact) mass is 347 g/mol. The Morgan fingerprint density at radius 1 is 1.24 bits per heavy atom. The van der Waals surface area contributed by atoms with Gasteiger partial charge in [0.05, 0.1) is 0 Å². The van der Waals surface area contributed by atoms with Crippen LogP contribution in [-0.2, 0) is 4.79 Å². The molecule has 2 amide bonds. The summed E-state index contributed by atoms with van der Waals surface area (Å²) in [6.07, 6.45) is 4.79. The maximum Gasteiger partial charge on any atom is 0.275 e. The van der Waals surface area contributed by atoms with Crippen LogP contribution in [0.3, 0.4) is 0 Å². The lowest BCUT2D eigenvalue weighted by Gasteiger charge is -2.28. The number of benzene rings is 1. The van der Waals surface area contributed by atoms with E-state index < -0.39 is 24.0 Å². The predicted molar refractivity (Wildman–Crippen MR) is 96.5 cm³/mol. The molecule has 1 aromatic rings. The van der Waals surface area contributed by atoms with Crippen LogP contribution in [0.5, 0.6) is 0 Å². The van der Waals surface area contributed by atoms with Gasteiger partial charge in [-0.3, -0.25) is 9.59 Å². The summed E-state index contributed by atoms with van der Waals surface area (Å²) in [7, 11) is 0. The van der Waals surface area contributed by atoms with Crippen molar-refractivity contribution in [1.82, 2.24) is 5.01 Å². The van der Waals surface area contributed by atoms with Gasteiger partial charge in [-0.1, -0.05) is 49.8 Å². The summed E-state index contributed by atoms with van der Waals surface area (Å²) in [5.74, 6) is 4.64. The van der Waals surface area contributed by atoms with Crippen molar-refractivity contribution >= 4 is 11.8 Å². The van der Waals surface area contributed by atoms with Crippen LogP contribution in [0, 0.1) is 19.8 Å². The van der Waals surface area contributed by atoms with Gasteiger partial charge in [0.2, 0.25) is 0 Å². The van der Waals surface area contributed by atoms with Gasteiger partial charge in [0, 0.05) is 11.6 Å². The highest BCUT2D eigenvalue weighted by Crippen LogP contribution is 2.27. The molecule has 0 spiro atoms. The lowest BCUT2D eigenvalue weighted by Crippen LogP contribution is -2.53. The molecule has 2 atom stereocenters. The maximum atomic E-state index is 12.5. The smallest absolute Gasteiger partial charge is 0.275 e. The fraction of sp³-hybridized carbons (Fsp3) is 0.579. The van der Waals surface area contributed by atoms with Crippen molar-refractivity contribution in [2.75, 3.05) is 0 Å². The molecule has 1 fully saturated rings. The molecule has 0 heterocycles. The largest absolute Gasteiger partial charge is 0.382 e. The van der Waals surface area contributed by atoms with E-state index >= 15 is 0 Å². The van der Waals surface area contributed by atoms with Crippen molar-refractivity contribution in [3.63, 3.8) is 0 Å². The van der Waals surface area contributed by atoms with Gasteiger partial charge in [0.1, 0.15) is 6.10 Å². The zero-order valence-electron chi connectivity index (χ0n) is 15.1. The summed E-state index contributed by atoms with van der Waals surface area (Å²) in [4.78, 5) is 24.9. The molecule has 0 aliphatic heterocycles. The van der Waals surface area contributed by atoms with Crippen LogP contribution >= 0.6 is 0 Å². The first-order valence-electron chi connectivity index (χ1n) is 8.95. The number of carbonyl (C=O) groups excluding carboxylic acids is 2. The van der Waals surface area contributed by atoms with Crippen molar-refractivity contribution in [3.05, 3.63) is 34.9 Å². The number of hydrogen-bond donors (Lipinski definition) is 3. The Hall–Kier alpha value is -1.76. The van der Waals surface area contributed by atoms with E-state index in [4.69, 9.17) is 11.6 Å². The molecule has 1 aliphatic carbocycles. The van der Waals surface area contributed by atoms with Crippen LogP contribution in [0.25, 0.3) is 0 Å². The third kappa shape index (κ3) is 4.87. The van der Waals surface area contributed by atoms with Crippen LogP contribution in [0.1, 0.15) is 60.0 Å². The van der Waals surface area contributed by atoms with Crippen molar-refractivity contribution in [2.45, 2.75) is 64.5 Å². The lowest BCUT2D eigenvalue weighted by atomic mass is 9.84. The van der Waals surface area contributed by atoms with Crippen molar-refractivity contribution in [3.8, 4) is 0 Å². The number of aryl methyl sites for hydroxylation is 2. The maximum absolute atomic E-state index is 12.5. The van der Waals surface area contributed by atoms with Crippen molar-refractivity contribution in [1.29, 1.82) is 0 Å². The van der Waals surface area contributed by atoms with E-state index in [9.17, 15) is 14.7 Å². The molecule has 1 saturated carbocycles. The SMILES string of the molecule is Cc1ccc(C)c(C(=O)N(N)C(=O)C(O)[C@H](N)CC2CCCCC2)c1. The fourth-order valence-corrected chi connectivity index (χ4v) is 3.46. The Kier molecular flexibility index (Phi) is 6.70. The number of imide groups is 1. The molecule has 1 unspecified atom stereocenters. The van der Waals surface area contributed by atoms with Crippen LogP contribution in [0.15, 0.2) is 18.2 Å². The van der Waals surface area contributed by atoms with E-state index in [1.165, 1.54) is 6.42 Å². The number of aliphatic hydroxyl groups excluding tert-OH is 1. The van der Waals surface area contributed by atoms with Crippen LogP contribution in [0.2, 0.25) is 0 Å². The van der Waals surface area contributed by atoms with Crippen LogP contribution < -0.4 is 11.6 Å². The molecule has 0 radical (unpaired) electrons. The molecule has 1 aliphatic rings. The van der Waals surface area contributed by atoms with E-state index in [0.29, 0.717) is 22.9 Å². The molecular weight excluding hydrogens is 318 g/mol. The average molecular weight is 347 g/mol. The highest BCUT2D eigenvalue weighted by molar-refractivity contribution is 6.06. The van der Waals surface area contributed by atoms with E-state index in [-0.39, 0.29) is 0 Å². The van der Waals surface area contributed by atoms with Gasteiger partial charge in [0.25, 0.3) is 11.8 Å². The second kappa shape index (κ2) is 8.56. The Balaban J connectivity index is 2.02. The summed E-state index contributed by atoms with van der Waals surface area (Å²) < 4.78 is 0. The standard InChI is InChI=1S/C19H29N3O3/c1-12-8-9-13(2)15(10-12)18(24)22(21)19(25)17(23)16(20)11-14-6-4-3-5-7-14/h8-10,14,16-17,23H,3-7,11,20-21H2,1-2H3/t16-,17?/m1/s1. The van der Waals surface area contributed by atoms with Gasteiger partial charge in [-0.15, -0.1) is 0 Å². The number of hydrogen-bond acceptors (Lipinski definition) is 5. The first-order chi connectivity index (χ1) is 11.8. The third-order valence-electron chi connectivity index (χ3n) is 5.07. The quantitative estimate of drug-likeness (QED) is 0.427. The predicted octanol–water partition coefficient (Wildman–Crippen LogP) is 1.80. The average Bonchev–Trinajstić information content (AvgIpc) is 2.62. The van der Waals surface area contributed by atoms with Crippen LogP contribution in [0.4, 0.5) is 0 Å². The van der Waals surface area contributed by atoms with E-state index in [1.54, 1.807) is 19.1 Å². The normalized spacial score (nSPS) is 17.8. The number of carbonyl (C=O) groups is 2. The van der Waals surface area contributed by atoms with Gasteiger partial charge in [0.15, 0.2) is 0 Å². The zero-order chi connectivity index (χ0) is 18.6. The van der Waals surface area contributed by atoms with Gasteiger partial charge in [-0.05, 0) is 37.8 Å². The van der Waals surface area contributed by atoms with Gasteiger partial charge < -0.3 is 10.8 Å². The molecule has 25 heavy (non-hydrogen) atoms. The first kappa shape index (κ1) is 19.6. The van der Waals surface area contributed by atoms with E-state index in [1.807, 2.05) is 13.0 Å². The minimum Gasteiger partial charge on any atom is -0.382 e. The summed E-state index contributed by atoms with van der Waals surface area (Å²) in [5, 5.41) is 10.8. The Bertz CT molecular complexity index is 626. The Labute approximate surface area is 149 Å². The van der Waals surface area contributed by atoms with Crippen molar-refractivity contribution in [2.24, 2.45) is 17.5 Å². The molecule has 6 heteroatoms. The van der Waals surface area contributed by atoms with E-state index in [2.05, 4.69) is 0 Å². The van der Waals surface area contributed by atoms with Gasteiger partial charge >= 0.3 is 0 Å². The zero-order valence-corrected chi connectivity index (χ0v) is 15.1. The first-order valence-corrected chi connectivity index (χ1v) is 8.95. The second-order valence-electron chi connectivity index (χ2n) is 7.18. The Morgan fingerprint density at radius 3 is 2.52 bits per heavy atom. The molecule has 0 saturated heterocycles. The number of nitrogens with two attached hydrogens (primary N) is 2. The fourth-order valence-electron chi connectivity index (χ4n) is 3.46. The summed E-state index contributed by atoms with van der Waals surface area (Å²) >= 11 is 0. The van der Waals surface area contributed by atoms with Crippen molar-refractivity contribution < 1.29 is 14.7 Å². The number of rotatable bonds is 5. The summed E-state index contributed by atoms with van der Waals surface area (Å²) in [6, 6.07) is 4.64. The number of hydrazine groups is 1. The summed E-state index contributed by atoms with van der Waals surface area (Å²) in [5.41, 5.74) is 7.98. The lowest BCUT2D eigenvalue weighted by molar-refractivity contribution is -0.138. The molecule has 138 valence electrons. The van der Waals surface area contributed by atoms with Gasteiger partial charge in [-0.25, -0.2) is 10.9 Å². The summed E-state index contributed by atoms with van der Waals surface area (Å²) in [6.45, 7) is 3.63. The number of aliphatic hydroxyl groups is 1. The number of nitrogens with zero attached hydrogens (tertiary/aromatic N) is 1. The molecule has 6 nitrogen and oxygen atoms in total. The molecule has 2 rings (SSSR count). The highest BCUT2D eigenvalue weighted by atomic mass is 16.3. The Morgan fingerprint density at radius 2 is 1.88 bits per heavy atom. The minimum atomic E-state index is -1.47.